The molecule has 1 amide bonds. The maximum atomic E-state index is 12.9. The molecular formula is C20H34N4O. The van der Waals surface area contributed by atoms with Crippen LogP contribution in [-0.2, 0) is 6.54 Å². The molecule has 1 aromatic heterocycles. The van der Waals surface area contributed by atoms with Crippen LogP contribution < -0.4 is 0 Å². The average molecular weight is 347 g/mol. The number of nitrogens with zero attached hydrogens (tertiary/aromatic N) is 4. The Hall–Kier alpha value is -1.36. The molecule has 2 aliphatic heterocycles. The number of carbonyl (C=O) groups excluding carboxylic acids is 1. The molecule has 25 heavy (non-hydrogen) atoms. The Kier molecular flexibility index (Phi) is 5.82. The van der Waals surface area contributed by atoms with E-state index < -0.39 is 0 Å². The molecule has 5 nitrogen and oxygen atoms in total. The van der Waals surface area contributed by atoms with Gasteiger partial charge in [0.1, 0.15) is 5.69 Å². The Morgan fingerprint density at radius 3 is 2.52 bits per heavy atom. The lowest BCUT2D eigenvalue weighted by Gasteiger charge is -2.35. The Bertz CT molecular complexity index is 587. The predicted octanol–water partition coefficient (Wildman–Crippen LogP) is 3.04. The lowest BCUT2D eigenvalue weighted by molar-refractivity contribution is 0.0760. The van der Waals surface area contributed by atoms with Crippen molar-refractivity contribution in [1.29, 1.82) is 0 Å². The summed E-state index contributed by atoms with van der Waals surface area (Å²) in [5.41, 5.74) is 1.69. The van der Waals surface area contributed by atoms with Crippen molar-refractivity contribution in [1.82, 2.24) is 19.6 Å². The molecule has 5 heteroatoms. The first-order valence-corrected chi connectivity index (χ1v) is 10.0. The van der Waals surface area contributed by atoms with Gasteiger partial charge in [0, 0.05) is 26.2 Å². The van der Waals surface area contributed by atoms with Crippen molar-refractivity contribution in [3.8, 4) is 0 Å². The summed E-state index contributed by atoms with van der Waals surface area (Å²) < 4.78 is 1.84. The van der Waals surface area contributed by atoms with Crippen LogP contribution in [0.25, 0.3) is 0 Å². The van der Waals surface area contributed by atoms with E-state index in [1.165, 1.54) is 38.9 Å². The molecule has 2 saturated heterocycles. The summed E-state index contributed by atoms with van der Waals surface area (Å²) >= 11 is 0. The minimum Gasteiger partial charge on any atom is -0.337 e. The van der Waals surface area contributed by atoms with E-state index in [0.717, 1.165) is 42.9 Å². The number of piperidine rings is 1. The number of aromatic nitrogens is 2. The summed E-state index contributed by atoms with van der Waals surface area (Å²) in [6.45, 7) is 14.9. The summed E-state index contributed by atoms with van der Waals surface area (Å²) in [5, 5.41) is 4.43. The number of carbonyl (C=O) groups is 1. The van der Waals surface area contributed by atoms with Crippen molar-refractivity contribution >= 4 is 5.91 Å². The van der Waals surface area contributed by atoms with Crippen molar-refractivity contribution in [3.63, 3.8) is 0 Å². The second-order valence-electron chi connectivity index (χ2n) is 8.32. The highest BCUT2D eigenvalue weighted by Crippen LogP contribution is 2.32. The molecule has 0 radical (unpaired) electrons. The zero-order chi connectivity index (χ0) is 18.0. The molecule has 0 spiro atoms. The SMILES string of the molecule is CCn1nc(C)cc1C(=O)N1CCC(C2CCN(CC(C)C)CC2)C1. The van der Waals surface area contributed by atoms with Crippen molar-refractivity contribution < 1.29 is 4.79 Å². The van der Waals surface area contributed by atoms with Gasteiger partial charge in [-0.3, -0.25) is 9.48 Å². The second kappa shape index (κ2) is 7.90. The van der Waals surface area contributed by atoms with E-state index in [4.69, 9.17) is 0 Å². The summed E-state index contributed by atoms with van der Waals surface area (Å²) in [5.74, 6) is 2.40. The Labute approximate surface area is 152 Å². The van der Waals surface area contributed by atoms with E-state index in [9.17, 15) is 4.79 Å². The van der Waals surface area contributed by atoms with Gasteiger partial charge in [-0.25, -0.2) is 0 Å². The lowest BCUT2D eigenvalue weighted by Crippen LogP contribution is -2.39. The fourth-order valence-corrected chi connectivity index (χ4v) is 4.60. The van der Waals surface area contributed by atoms with E-state index in [1.54, 1.807) is 0 Å². The normalized spacial score (nSPS) is 22.9. The van der Waals surface area contributed by atoms with Crippen LogP contribution in [0.3, 0.4) is 0 Å². The smallest absolute Gasteiger partial charge is 0.272 e. The Morgan fingerprint density at radius 1 is 1.20 bits per heavy atom. The molecule has 0 N–H and O–H groups in total. The van der Waals surface area contributed by atoms with E-state index >= 15 is 0 Å². The summed E-state index contributed by atoms with van der Waals surface area (Å²) in [6.07, 6.45) is 3.76. The lowest BCUT2D eigenvalue weighted by atomic mass is 9.83. The molecule has 1 atom stereocenters. The van der Waals surface area contributed by atoms with E-state index in [2.05, 4.69) is 28.7 Å². The van der Waals surface area contributed by atoms with Crippen LogP contribution >= 0.6 is 0 Å². The van der Waals surface area contributed by atoms with Crippen LogP contribution in [0.15, 0.2) is 6.07 Å². The van der Waals surface area contributed by atoms with E-state index in [-0.39, 0.29) is 5.91 Å². The third kappa shape index (κ3) is 4.25. The minimum atomic E-state index is 0.169. The standard InChI is InChI=1S/C20H34N4O/c1-5-24-19(12-16(4)21-24)20(25)23-11-8-18(14-23)17-6-9-22(10-7-17)13-15(2)3/h12,15,17-18H,5-11,13-14H2,1-4H3. The highest BCUT2D eigenvalue weighted by atomic mass is 16.2. The fourth-order valence-electron chi connectivity index (χ4n) is 4.60. The maximum Gasteiger partial charge on any atom is 0.272 e. The van der Waals surface area contributed by atoms with Gasteiger partial charge in [-0.1, -0.05) is 13.8 Å². The van der Waals surface area contributed by atoms with Crippen molar-refractivity contribution in [2.45, 2.75) is 53.5 Å². The summed E-state index contributed by atoms with van der Waals surface area (Å²) in [7, 11) is 0. The monoisotopic (exact) mass is 346 g/mol. The molecule has 3 rings (SSSR count). The molecule has 3 heterocycles. The van der Waals surface area contributed by atoms with E-state index in [0.29, 0.717) is 5.92 Å². The molecule has 0 saturated carbocycles. The molecule has 2 fully saturated rings. The highest BCUT2D eigenvalue weighted by molar-refractivity contribution is 5.92. The molecule has 0 aromatic carbocycles. The zero-order valence-electron chi connectivity index (χ0n) is 16.4. The van der Waals surface area contributed by atoms with Crippen LogP contribution in [0, 0.1) is 24.7 Å². The van der Waals surface area contributed by atoms with Crippen molar-refractivity contribution in [3.05, 3.63) is 17.5 Å². The van der Waals surface area contributed by atoms with Gasteiger partial charge in [0.15, 0.2) is 0 Å². The number of amides is 1. The average Bonchev–Trinajstić information content (AvgIpc) is 3.21. The third-order valence-corrected chi connectivity index (χ3v) is 5.85. The van der Waals surface area contributed by atoms with Crippen LogP contribution in [0.5, 0.6) is 0 Å². The second-order valence-corrected chi connectivity index (χ2v) is 8.32. The minimum absolute atomic E-state index is 0.169. The topological polar surface area (TPSA) is 41.4 Å². The number of rotatable bonds is 5. The van der Waals surface area contributed by atoms with Gasteiger partial charge in [-0.15, -0.1) is 0 Å². The van der Waals surface area contributed by atoms with E-state index in [1.807, 2.05) is 24.6 Å². The molecular weight excluding hydrogens is 312 g/mol. The first-order valence-electron chi connectivity index (χ1n) is 10.0. The number of hydrogen-bond donors (Lipinski definition) is 0. The molecule has 2 aliphatic rings. The van der Waals surface area contributed by atoms with Gasteiger partial charge in [-0.2, -0.15) is 5.10 Å². The van der Waals surface area contributed by atoms with Crippen LogP contribution in [0.4, 0.5) is 0 Å². The number of aryl methyl sites for hydroxylation is 2. The number of likely N-dealkylation sites (tertiary alicyclic amines) is 2. The largest absolute Gasteiger partial charge is 0.337 e. The van der Waals surface area contributed by atoms with Gasteiger partial charge in [0.2, 0.25) is 0 Å². The van der Waals surface area contributed by atoms with Gasteiger partial charge >= 0.3 is 0 Å². The summed E-state index contributed by atoms with van der Waals surface area (Å²) in [6, 6.07) is 1.93. The molecule has 0 aliphatic carbocycles. The molecule has 140 valence electrons. The van der Waals surface area contributed by atoms with Gasteiger partial charge in [0.25, 0.3) is 5.91 Å². The van der Waals surface area contributed by atoms with Gasteiger partial charge in [-0.05, 0) is 70.0 Å². The molecule has 0 bridgehead atoms. The maximum absolute atomic E-state index is 12.9. The van der Waals surface area contributed by atoms with Crippen LogP contribution in [0.2, 0.25) is 0 Å². The number of hydrogen-bond acceptors (Lipinski definition) is 3. The Morgan fingerprint density at radius 2 is 1.88 bits per heavy atom. The third-order valence-electron chi connectivity index (χ3n) is 5.85. The predicted molar refractivity (Wildman–Crippen MR) is 101 cm³/mol. The highest BCUT2D eigenvalue weighted by Gasteiger charge is 2.34. The molecule has 1 aromatic rings. The van der Waals surface area contributed by atoms with Crippen molar-refractivity contribution in [2.75, 3.05) is 32.7 Å². The molecule has 1 unspecified atom stereocenters. The first-order chi connectivity index (χ1) is 12.0. The first kappa shape index (κ1) is 18.4. The van der Waals surface area contributed by atoms with Crippen molar-refractivity contribution in [2.24, 2.45) is 17.8 Å². The zero-order valence-corrected chi connectivity index (χ0v) is 16.4. The fraction of sp³-hybridized carbons (Fsp3) is 0.800. The van der Waals surface area contributed by atoms with Gasteiger partial charge in [0.05, 0.1) is 5.69 Å². The summed E-state index contributed by atoms with van der Waals surface area (Å²) in [4.78, 5) is 17.6. The van der Waals surface area contributed by atoms with Gasteiger partial charge < -0.3 is 9.80 Å². The van der Waals surface area contributed by atoms with Crippen LogP contribution in [-0.4, -0.2) is 58.2 Å². The Balaban J connectivity index is 1.54. The quantitative estimate of drug-likeness (QED) is 0.823. The van der Waals surface area contributed by atoms with Crippen LogP contribution in [0.1, 0.15) is 56.2 Å².